The van der Waals surface area contributed by atoms with E-state index >= 15 is 0 Å². The van der Waals surface area contributed by atoms with Gasteiger partial charge in [-0.15, -0.1) is 0 Å². The minimum atomic E-state index is -1.87. The standard InChI is InChI=1S/C11H16BFO4/c1-7(2)6-17-11-9(16-3)5-4-8(10(11)13)12(14)15/h4-5,7,14-15H,6H2,1-3H3. The molecule has 0 unspecified atom stereocenters. The van der Waals surface area contributed by atoms with Crippen molar-refractivity contribution >= 4 is 12.6 Å². The lowest BCUT2D eigenvalue weighted by Crippen LogP contribution is -2.33. The normalized spacial score (nSPS) is 10.5. The molecule has 2 N–H and O–H groups in total. The Kier molecular flexibility index (Phi) is 4.78. The summed E-state index contributed by atoms with van der Waals surface area (Å²) in [5.41, 5.74) is -0.232. The minimum Gasteiger partial charge on any atom is -0.493 e. The Morgan fingerprint density at radius 2 is 2.00 bits per heavy atom. The molecule has 4 nitrogen and oxygen atoms in total. The lowest BCUT2D eigenvalue weighted by molar-refractivity contribution is 0.245. The SMILES string of the molecule is COc1ccc(B(O)O)c(F)c1OCC(C)C. The van der Waals surface area contributed by atoms with Crippen LogP contribution in [0.1, 0.15) is 13.8 Å². The van der Waals surface area contributed by atoms with Crippen molar-refractivity contribution in [1.82, 2.24) is 0 Å². The van der Waals surface area contributed by atoms with Crippen LogP contribution in [-0.4, -0.2) is 30.9 Å². The summed E-state index contributed by atoms with van der Waals surface area (Å²) >= 11 is 0. The van der Waals surface area contributed by atoms with Crippen molar-refractivity contribution < 1.29 is 23.9 Å². The molecule has 0 fully saturated rings. The zero-order valence-corrected chi connectivity index (χ0v) is 10.1. The smallest absolute Gasteiger partial charge is 0.491 e. The fraction of sp³-hybridized carbons (Fsp3) is 0.455. The Morgan fingerprint density at radius 1 is 1.35 bits per heavy atom. The second-order valence-corrected chi connectivity index (χ2v) is 4.08. The Balaban J connectivity index is 3.09. The molecule has 0 atom stereocenters. The number of rotatable bonds is 5. The monoisotopic (exact) mass is 242 g/mol. The van der Waals surface area contributed by atoms with Crippen LogP contribution in [0.3, 0.4) is 0 Å². The van der Waals surface area contributed by atoms with Gasteiger partial charge in [-0.05, 0) is 12.0 Å². The molecule has 1 aromatic carbocycles. The van der Waals surface area contributed by atoms with E-state index in [1.54, 1.807) is 0 Å². The average Bonchev–Trinajstić information content (AvgIpc) is 2.26. The summed E-state index contributed by atoms with van der Waals surface area (Å²) in [6.07, 6.45) is 0. The fourth-order valence-corrected chi connectivity index (χ4v) is 1.30. The molecule has 1 rings (SSSR count). The molecular formula is C11H16BFO4. The molecule has 94 valence electrons. The third-order valence-electron chi connectivity index (χ3n) is 2.15. The van der Waals surface area contributed by atoms with Crippen molar-refractivity contribution in [2.24, 2.45) is 5.92 Å². The average molecular weight is 242 g/mol. The quantitative estimate of drug-likeness (QED) is 0.740. The first kappa shape index (κ1) is 13.8. The zero-order valence-electron chi connectivity index (χ0n) is 10.1. The van der Waals surface area contributed by atoms with E-state index in [4.69, 9.17) is 19.5 Å². The highest BCUT2D eigenvalue weighted by molar-refractivity contribution is 6.58. The predicted molar refractivity (Wildman–Crippen MR) is 63.1 cm³/mol. The number of halogens is 1. The van der Waals surface area contributed by atoms with Crippen molar-refractivity contribution in [2.75, 3.05) is 13.7 Å². The highest BCUT2D eigenvalue weighted by Crippen LogP contribution is 2.29. The van der Waals surface area contributed by atoms with Crippen molar-refractivity contribution in [1.29, 1.82) is 0 Å². The van der Waals surface area contributed by atoms with Gasteiger partial charge in [-0.25, -0.2) is 4.39 Å². The third-order valence-corrected chi connectivity index (χ3v) is 2.15. The lowest BCUT2D eigenvalue weighted by atomic mass is 9.79. The molecule has 0 saturated heterocycles. The van der Waals surface area contributed by atoms with E-state index in [1.165, 1.54) is 19.2 Å². The largest absolute Gasteiger partial charge is 0.493 e. The van der Waals surface area contributed by atoms with Gasteiger partial charge in [-0.2, -0.15) is 0 Å². The summed E-state index contributed by atoms with van der Waals surface area (Å²) in [6.45, 7) is 4.17. The van der Waals surface area contributed by atoms with Gasteiger partial charge in [0.05, 0.1) is 13.7 Å². The van der Waals surface area contributed by atoms with Gasteiger partial charge in [0, 0.05) is 5.46 Å². The van der Waals surface area contributed by atoms with Gasteiger partial charge < -0.3 is 19.5 Å². The Hall–Kier alpha value is -1.27. The maximum absolute atomic E-state index is 13.9. The molecule has 0 spiro atoms. The van der Waals surface area contributed by atoms with Gasteiger partial charge in [0.25, 0.3) is 0 Å². The van der Waals surface area contributed by atoms with Gasteiger partial charge in [-0.1, -0.05) is 19.9 Å². The summed E-state index contributed by atoms with van der Waals surface area (Å²) in [4.78, 5) is 0. The van der Waals surface area contributed by atoms with Crippen LogP contribution in [0.4, 0.5) is 4.39 Å². The molecule has 0 bridgehead atoms. The first-order chi connectivity index (χ1) is 7.97. The maximum Gasteiger partial charge on any atom is 0.491 e. The van der Waals surface area contributed by atoms with Gasteiger partial charge in [-0.3, -0.25) is 0 Å². The molecule has 0 aromatic heterocycles. The fourth-order valence-electron chi connectivity index (χ4n) is 1.30. The van der Waals surface area contributed by atoms with Crippen molar-refractivity contribution in [3.8, 4) is 11.5 Å². The number of ether oxygens (including phenoxy) is 2. The van der Waals surface area contributed by atoms with E-state index in [0.29, 0.717) is 6.61 Å². The van der Waals surface area contributed by atoms with Gasteiger partial charge in [0.2, 0.25) is 0 Å². The van der Waals surface area contributed by atoms with Crippen molar-refractivity contribution in [3.63, 3.8) is 0 Å². The molecule has 0 amide bonds. The first-order valence-corrected chi connectivity index (χ1v) is 5.32. The van der Waals surface area contributed by atoms with Crippen LogP contribution in [0, 0.1) is 11.7 Å². The first-order valence-electron chi connectivity index (χ1n) is 5.32. The van der Waals surface area contributed by atoms with Crippen LogP contribution in [-0.2, 0) is 0 Å². The summed E-state index contributed by atoms with van der Waals surface area (Å²) in [5, 5.41) is 18.0. The van der Waals surface area contributed by atoms with Crippen LogP contribution in [0.25, 0.3) is 0 Å². The van der Waals surface area contributed by atoms with Gasteiger partial charge in [0.15, 0.2) is 17.3 Å². The lowest BCUT2D eigenvalue weighted by Gasteiger charge is -2.15. The number of hydrogen-bond acceptors (Lipinski definition) is 4. The number of hydrogen-bond donors (Lipinski definition) is 2. The Labute approximate surface area is 100 Å². The molecule has 0 radical (unpaired) electrons. The summed E-state index contributed by atoms with van der Waals surface area (Å²) < 4.78 is 24.2. The number of benzene rings is 1. The van der Waals surface area contributed by atoms with E-state index in [2.05, 4.69) is 0 Å². The molecule has 1 aromatic rings. The molecule has 0 aliphatic rings. The topological polar surface area (TPSA) is 58.9 Å². The van der Waals surface area contributed by atoms with Crippen LogP contribution >= 0.6 is 0 Å². The van der Waals surface area contributed by atoms with Gasteiger partial charge >= 0.3 is 7.12 Å². The number of methoxy groups -OCH3 is 1. The molecule has 6 heteroatoms. The van der Waals surface area contributed by atoms with Crippen LogP contribution in [0.15, 0.2) is 12.1 Å². The molecule has 0 aliphatic carbocycles. The van der Waals surface area contributed by atoms with E-state index in [9.17, 15) is 4.39 Å². The molecular weight excluding hydrogens is 226 g/mol. The van der Waals surface area contributed by atoms with Crippen LogP contribution < -0.4 is 14.9 Å². The van der Waals surface area contributed by atoms with Crippen LogP contribution in [0.5, 0.6) is 11.5 Å². The highest BCUT2D eigenvalue weighted by atomic mass is 19.1. The predicted octanol–water partition coefficient (Wildman–Crippen LogP) is 0.549. The third kappa shape index (κ3) is 3.34. The Bertz CT molecular complexity index is 382. The van der Waals surface area contributed by atoms with E-state index < -0.39 is 12.9 Å². The minimum absolute atomic E-state index is 0.0909. The van der Waals surface area contributed by atoms with Crippen LogP contribution in [0.2, 0.25) is 0 Å². The summed E-state index contributed by atoms with van der Waals surface area (Å²) in [5.74, 6) is -0.443. The summed E-state index contributed by atoms with van der Waals surface area (Å²) in [6, 6.07) is 2.69. The molecule has 17 heavy (non-hydrogen) atoms. The molecule has 0 aliphatic heterocycles. The van der Waals surface area contributed by atoms with Crippen molar-refractivity contribution in [2.45, 2.75) is 13.8 Å². The highest BCUT2D eigenvalue weighted by Gasteiger charge is 2.23. The van der Waals surface area contributed by atoms with E-state index in [-0.39, 0.29) is 22.9 Å². The zero-order chi connectivity index (χ0) is 13.0. The van der Waals surface area contributed by atoms with Gasteiger partial charge in [0.1, 0.15) is 0 Å². The maximum atomic E-state index is 13.9. The van der Waals surface area contributed by atoms with Crippen molar-refractivity contribution in [3.05, 3.63) is 17.9 Å². The second kappa shape index (κ2) is 5.88. The Morgan fingerprint density at radius 3 is 2.47 bits per heavy atom. The summed E-state index contributed by atoms with van der Waals surface area (Å²) in [7, 11) is -0.478. The molecule has 0 saturated carbocycles. The second-order valence-electron chi connectivity index (χ2n) is 4.08. The van der Waals surface area contributed by atoms with E-state index in [1.807, 2.05) is 13.8 Å². The molecule has 0 heterocycles. The van der Waals surface area contributed by atoms with E-state index in [0.717, 1.165) is 0 Å².